The molecule has 1 aromatic heterocycles. The highest BCUT2D eigenvalue weighted by Crippen LogP contribution is 2.16. The van der Waals surface area contributed by atoms with Crippen molar-refractivity contribution < 1.29 is 9.90 Å². The Bertz CT molecular complexity index is 737. The monoisotopic (exact) mass is 317 g/mol. The zero-order valence-corrected chi connectivity index (χ0v) is 13.5. The van der Waals surface area contributed by atoms with Crippen molar-refractivity contribution in [2.45, 2.75) is 26.1 Å². The van der Waals surface area contributed by atoms with E-state index in [9.17, 15) is 9.59 Å². The third kappa shape index (κ3) is 3.80. The second kappa shape index (κ2) is 7.31. The van der Waals surface area contributed by atoms with Crippen LogP contribution in [-0.2, 0) is 12.3 Å². The third-order valence-electron chi connectivity index (χ3n) is 3.58. The molecule has 0 aliphatic rings. The van der Waals surface area contributed by atoms with Crippen molar-refractivity contribution in [2.24, 2.45) is 0 Å². The van der Waals surface area contributed by atoms with Gasteiger partial charge in [-0.2, -0.15) is 11.8 Å². The number of aryl methyl sites for hydroxylation is 3. The smallest absolute Gasteiger partial charge is 0.341 e. The first kappa shape index (κ1) is 16.4. The number of carboxylic acids is 1. The van der Waals surface area contributed by atoms with E-state index in [1.54, 1.807) is 30.9 Å². The summed E-state index contributed by atoms with van der Waals surface area (Å²) in [7, 11) is 0. The van der Waals surface area contributed by atoms with Gasteiger partial charge in [-0.05, 0) is 36.6 Å². The molecule has 0 saturated carbocycles. The van der Waals surface area contributed by atoms with E-state index in [1.807, 2.05) is 12.1 Å². The van der Waals surface area contributed by atoms with Gasteiger partial charge in [0.1, 0.15) is 5.56 Å². The van der Waals surface area contributed by atoms with E-state index in [1.165, 1.54) is 15.7 Å². The topological polar surface area (TPSA) is 59.3 Å². The standard InChI is InChI=1S/C17H19NO3S/c1-12-5-3-4-6-14(12)11-22-10-9-18-8-7-13(2)15(16(18)19)17(20)21/h3-8H,9-11H2,1-2H3,(H,20,21). The van der Waals surface area contributed by atoms with Crippen molar-refractivity contribution in [1.29, 1.82) is 0 Å². The molecule has 0 aliphatic carbocycles. The fourth-order valence-electron chi connectivity index (χ4n) is 2.22. The second-order valence-corrected chi connectivity index (χ2v) is 6.26. The number of hydrogen-bond acceptors (Lipinski definition) is 3. The number of thioether (sulfide) groups is 1. The van der Waals surface area contributed by atoms with Gasteiger partial charge in [-0.15, -0.1) is 0 Å². The molecule has 1 N–H and O–H groups in total. The van der Waals surface area contributed by atoms with E-state index in [4.69, 9.17) is 5.11 Å². The summed E-state index contributed by atoms with van der Waals surface area (Å²) in [5.74, 6) is 0.486. The molecule has 0 amide bonds. The van der Waals surface area contributed by atoms with Crippen molar-refractivity contribution in [2.75, 3.05) is 5.75 Å². The molecule has 0 atom stereocenters. The van der Waals surface area contributed by atoms with Crippen molar-refractivity contribution in [3.8, 4) is 0 Å². The van der Waals surface area contributed by atoms with E-state index in [2.05, 4.69) is 19.1 Å². The van der Waals surface area contributed by atoms with Crippen molar-refractivity contribution in [1.82, 2.24) is 4.57 Å². The maximum absolute atomic E-state index is 12.1. The number of hydrogen-bond donors (Lipinski definition) is 1. The first-order valence-electron chi connectivity index (χ1n) is 7.06. The van der Waals surface area contributed by atoms with Gasteiger partial charge in [-0.1, -0.05) is 24.3 Å². The zero-order chi connectivity index (χ0) is 16.1. The van der Waals surface area contributed by atoms with Gasteiger partial charge >= 0.3 is 5.97 Å². The Balaban J connectivity index is 1.98. The van der Waals surface area contributed by atoms with Crippen LogP contribution in [0.5, 0.6) is 0 Å². The van der Waals surface area contributed by atoms with Crippen molar-refractivity contribution >= 4 is 17.7 Å². The normalized spacial score (nSPS) is 10.6. The minimum atomic E-state index is -1.16. The predicted octanol–water partition coefficient (Wildman–Crippen LogP) is 3.10. The lowest BCUT2D eigenvalue weighted by Gasteiger charge is -2.09. The quantitative estimate of drug-likeness (QED) is 0.832. The fourth-order valence-corrected chi connectivity index (χ4v) is 3.23. The van der Waals surface area contributed by atoms with Gasteiger partial charge in [-0.3, -0.25) is 4.79 Å². The highest BCUT2D eigenvalue weighted by Gasteiger charge is 2.13. The van der Waals surface area contributed by atoms with Gasteiger partial charge in [-0.25, -0.2) is 4.79 Å². The highest BCUT2D eigenvalue weighted by molar-refractivity contribution is 7.98. The molecule has 2 rings (SSSR count). The molecule has 1 aromatic carbocycles. The molecule has 0 aliphatic heterocycles. The molecule has 0 spiro atoms. The maximum Gasteiger partial charge on any atom is 0.341 e. The molecule has 116 valence electrons. The van der Waals surface area contributed by atoms with E-state index in [0.717, 1.165) is 11.5 Å². The van der Waals surface area contributed by atoms with Crippen LogP contribution in [0, 0.1) is 13.8 Å². The summed E-state index contributed by atoms with van der Waals surface area (Å²) >= 11 is 1.74. The van der Waals surface area contributed by atoms with Crippen LogP contribution in [-0.4, -0.2) is 21.4 Å². The van der Waals surface area contributed by atoms with Crippen LogP contribution < -0.4 is 5.56 Å². The minimum absolute atomic E-state index is 0.133. The zero-order valence-electron chi connectivity index (χ0n) is 12.7. The summed E-state index contributed by atoms with van der Waals surface area (Å²) in [4.78, 5) is 23.3. The Morgan fingerprint density at radius 1 is 1.18 bits per heavy atom. The summed E-state index contributed by atoms with van der Waals surface area (Å²) < 4.78 is 1.47. The van der Waals surface area contributed by atoms with Crippen molar-refractivity contribution in [3.05, 3.63) is 69.1 Å². The average Bonchev–Trinajstić information content (AvgIpc) is 2.47. The summed E-state index contributed by atoms with van der Waals surface area (Å²) in [5, 5.41) is 9.10. The van der Waals surface area contributed by atoms with E-state index >= 15 is 0 Å². The maximum atomic E-state index is 12.1. The van der Waals surface area contributed by atoms with Gasteiger partial charge in [0.05, 0.1) is 0 Å². The van der Waals surface area contributed by atoms with Crippen LogP contribution in [0.3, 0.4) is 0 Å². The minimum Gasteiger partial charge on any atom is -0.477 e. The number of nitrogens with zero attached hydrogens (tertiary/aromatic N) is 1. The molecule has 4 nitrogen and oxygen atoms in total. The molecular weight excluding hydrogens is 298 g/mol. The van der Waals surface area contributed by atoms with E-state index in [0.29, 0.717) is 12.1 Å². The van der Waals surface area contributed by atoms with Crippen LogP contribution in [0.1, 0.15) is 27.0 Å². The SMILES string of the molecule is Cc1ccccc1CSCCn1ccc(C)c(C(=O)O)c1=O. The lowest BCUT2D eigenvalue weighted by molar-refractivity contribution is 0.0693. The number of carbonyl (C=O) groups is 1. The van der Waals surface area contributed by atoms with Crippen LogP contribution in [0.25, 0.3) is 0 Å². The van der Waals surface area contributed by atoms with Crippen LogP contribution in [0.4, 0.5) is 0 Å². The Morgan fingerprint density at radius 3 is 2.59 bits per heavy atom. The molecule has 0 saturated heterocycles. The molecular formula is C17H19NO3S. The Labute approximate surface area is 133 Å². The molecule has 0 bridgehead atoms. The van der Waals surface area contributed by atoms with Gasteiger partial charge in [0.15, 0.2) is 0 Å². The molecule has 1 heterocycles. The van der Waals surface area contributed by atoms with Gasteiger partial charge in [0.25, 0.3) is 5.56 Å². The largest absolute Gasteiger partial charge is 0.477 e. The molecule has 22 heavy (non-hydrogen) atoms. The summed E-state index contributed by atoms with van der Waals surface area (Å²) in [5.41, 5.74) is 2.49. The average molecular weight is 317 g/mol. The van der Waals surface area contributed by atoms with Gasteiger partial charge in [0.2, 0.25) is 0 Å². The first-order chi connectivity index (χ1) is 10.5. The molecule has 2 aromatic rings. The van der Waals surface area contributed by atoms with Crippen LogP contribution >= 0.6 is 11.8 Å². The number of rotatable bonds is 6. The molecule has 0 radical (unpaired) electrons. The number of pyridine rings is 1. The first-order valence-corrected chi connectivity index (χ1v) is 8.21. The number of aromatic carboxylic acids is 1. The van der Waals surface area contributed by atoms with Gasteiger partial charge in [0, 0.05) is 24.2 Å². The number of carboxylic acid groups (broad SMARTS) is 1. The molecule has 5 heteroatoms. The van der Waals surface area contributed by atoms with E-state index in [-0.39, 0.29) is 5.56 Å². The third-order valence-corrected chi connectivity index (χ3v) is 4.57. The Hall–Kier alpha value is -2.01. The lowest BCUT2D eigenvalue weighted by atomic mass is 10.1. The fraction of sp³-hybridized carbons (Fsp3) is 0.294. The summed E-state index contributed by atoms with van der Waals surface area (Å²) in [6.45, 7) is 4.23. The molecule has 0 fully saturated rings. The Morgan fingerprint density at radius 2 is 1.91 bits per heavy atom. The van der Waals surface area contributed by atoms with Crippen LogP contribution in [0.15, 0.2) is 41.3 Å². The number of benzene rings is 1. The summed E-state index contributed by atoms with van der Waals surface area (Å²) in [6, 6.07) is 9.90. The highest BCUT2D eigenvalue weighted by atomic mass is 32.2. The predicted molar refractivity (Wildman–Crippen MR) is 89.7 cm³/mol. The molecule has 0 unspecified atom stereocenters. The van der Waals surface area contributed by atoms with Crippen molar-refractivity contribution in [3.63, 3.8) is 0 Å². The Kier molecular flexibility index (Phi) is 5.44. The lowest BCUT2D eigenvalue weighted by Crippen LogP contribution is -2.27. The van der Waals surface area contributed by atoms with E-state index < -0.39 is 11.5 Å². The van der Waals surface area contributed by atoms with Crippen LogP contribution in [0.2, 0.25) is 0 Å². The number of aromatic nitrogens is 1. The second-order valence-electron chi connectivity index (χ2n) is 5.16. The summed E-state index contributed by atoms with van der Waals surface area (Å²) in [6.07, 6.45) is 1.67. The van der Waals surface area contributed by atoms with Gasteiger partial charge < -0.3 is 9.67 Å².